The van der Waals surface area contributed by atoms with Crippen molar-refractivity contribution < 1.29 is 4.79 Å². The van der Waals surface area contributed by atoms with Gasteiger partial charge in [0.1, 0.15) is 0 Å². The van der Waals surface area contributed by atoms with E-state index in [2.05, 4.69) is 15.2 Å². The highest BCUT2D eigenvalue weighted by atomic mass is 16.2. The number of rotatable bonds is 3. The van der Waals surface area contributed by atoms with Crippen LogP contribution < -0.4 is 16.0 Å². The first-order valence-corrected chi connectivity index (χ1v) is 6.44. The van der Waals surface area contributed by atoms with Gasteiger partial charge in [0.2, 0.25) is 5.91 Å². The van der Waals surface area contributed by atoms with Gasteiger partial charge in [0, 0.05) is 19.1 Å². The van der Waals surface area contributed by atoms with Crippen LogP contribution in [0.1, 0.15) is 31.5 Å². The molecule has 3 N–H and O–H groups in total. The number of nitrogens with two attached hydrogens (primary N) is 1. The summed E-state index contributed by atoms with van der Waals surface area (Å²) in [4.78, 5) is 17.9. The Kier molecular flexibility index (Phi) is 4.15. The van der Waals surface area contributed by atoms with E-state index in [9.17, 15) is 4.79 Å². The standard InChI is InChI=1S/C13H20N4O/c1-2-11(14)12-5-4-10(8-16-12)17-7-3-6-15-13(18)9-17/h4-5,8,11H,2-3,6-7,9,14H2,1H3,(H,15,18)/t11-/m0/s1. The van der Waals surface area contributed by atoms with E-state index in [0.717, 1.165) is 37.3 Å². The van der Waals surface area contributed by atoms with Crippen LogP contribution in [0.15, 0.2) is 18.3 Å². The van der Waals surface area contributed by atoms with Crippen molar-refractivity contribution in [3.05, 3.63) is 24.0 Å². The highest BCUT2D eigenvalue weighted by Crippen LogP contribution is 2.17. The minimum Gasteiger partial charge on any atom is -0.361 e. The molecule has 0 saturated carbocycles. The summed E-state index contributed by atoms with van der Waals surface area (Å²) in [6.45, 7) is 4.07. The van der Waals surface area contributed by atoms with Crippen LogP contribution in [0.5, 0.6) is 0 Å². The van der Waals surface area contributed by atoms with Crippen LogP contribution >= 0.6 is 0 Å². The average Bonchev–Trinajstić information content (AvgIpc) is 2.63. The second-order valence-corrected chi connectivity index (χ2v) is 4.58. The maximum absolute atomic E-state index is 11.5. The van der Waals surface area contributed by atoms with Crippen molar-refractivity contribution in [1.82, 2.24) is 10.3 Å². The van der Waals surface area contributed by atoms with E-state index < -0.39 is 0 Å². The van der Waals surface area contributed by atoms with Crippen molar-refractivity contribution in [3.63, 3.8) is 0 Å². The third-order valence-electron chi connectivity index (χ3n) is 3.22. The van der Waals surface area contributed by atoms with E-state index in [0.29, 0.717) is 6.54 Å². The Bertz CT molecular complexity index is 404. The highest BCUT2D eigenvalue weighted by Gasteiger charge is 2.15. The van der Waals surface area contributed by atoms with Gasteiger partial charge in [0.05, 0.1) is 24.1 Å². The molecule has 0 bridgehead atoms. The normalized spacial score (nSPS) is 18.1. The molecule has 0 spiro atoms. The van der Waals surface area contributed by atoms with Crippen LogP contribution in [-0.2, 0) is 4.79 Å². The molecule has 1 aliphatic heterocycles. The summed E-state index contributed by atoms with van der Waals surface area (Å²) in [5.74, 6) is 0.0711. The van der Waals surface area contributed by atoms with E-state index in [-0.39, 0.29) is 11.9 Å². The van der Waals surface area contributed by atoms with Crippen LogP contribution in [0.25, 0.3) is 0 Å². The molecule has 1 aromatic heterocycles. The van der Waals surface area contributed by atoms with Crippen molar-refractivity contribution in [2.24, 2.45) is 5.73 Å². The van der Waals surface area contributed by atoms with Crippen LogP contribution in [0.3, 0.4) is 0 Å². The zero-order chi connectivity index (χ0) is 13.0. The molecule has 18 heavy (non-hydrogen) atoms. The first kappa shape index (κ1) is 12.8. The lowest BCUT2D eigenvalue weighted by Crippen LogP contribution is -2.33. The van der Waals surface area contributed by atoms with Gasteiger partial charge < -0.3 is 16.0 Å². The second kappa shape index (κ2) is 5.82. The molecule has 2 rings (SSSR count). The number of pyridine rings is 1. The Morgan fingerprint density at radius 2 is 2.39 bits per heavy atom. The average molecular weight is 248 g/mol. The number of hydrogen-bond donors (Lipinski definition) is 2. The Morgan fingerprint density at radius 1 is 1.56 bits per heavy atom. The zero-order valence-electron chi connectivity index (χ0n) is 10.7. The Hall–Kier alpha value is -1.62. The van der Waals surface area contributed by atoms with E-state index in [1.165, 1.54) is 0 Å². The minimum atomic E-state index is -0.00789. The van der Waals surface area contributed by atoms with Gasteiger partial charge in [0.15, 0.2) is 0 Å². The lowest BCUT2D eigenvalue weighted by atomic mass is 10.1. The van der Waals surface area contributed by atoms with Gasteiger partial charge in [-0.05, 0) is 25.0 Å². The van der Waals surface area contributed by atoms with Gasteiger partial charge >= 0.3 is 0 Å². The maximum Gasteiger partial charge on any atom is 0.239 e. The van der Waals surface area contributed by atoms with E-state index >= 15 is 0 Å². The fourth-order valence-corrected chi connectivity index (χ4v) is 2.04. The topological polar surface area (TPSA) is 71.2 Å². The Morgan fingerprint density at radius 3 is 3.06 bits per heavy atom. The van der Waals surface area contributed by atoms with Crippen LogP contribution in [0, 0.1) is 0 Å². The molecule has 1 amide bonds. The first-order valence-electron chi connectivity index (χ1n) is 6.44. The van der Waals surface area contributed by atoms with Gasteiger partial charge in [-0.3, -0.25) is 9.78 Å². The highest BCUT2D eigenvalue weighted by molar-refractivity contribution is 5.81. The molecule has 1 aliphatic rings. The summed E-state index contributed by atoms with van der Waals surface area (Å²) in [6, 6.07) is 3.94. The number of amides is 1. The molecule has 5 heteroatoms. The smallest absolute Gasteiger partial charge is 0.239 e. The number of carbonyl (C=O) groups is 1. The monoisotopic (exact) mass is 248 g/mol. The molecular weight excluding hydrogens is 228 g/mol. The molecule has 1 fully saturated rings. The largest absolute Gasteiger partial charge is 0.361 e. The maximum atomic E-state index is 11.5. The summed E-state index contributed by atoms with van der Waals surface area (Å²) in [5.41, 5.74) is 7.82. The fraction of sp³-hybridized carbons (Fsp3) is 0.538. The summed E-state index contributed by atoms with van der Waals surface area (Å²) >= 11 is 0. The van der Waals surface area contributed by atoms with Gasteiger partial charge in [-0.2, -0.15) is 0 Å². The molecule has 0 radical (unpaired) electrons. The summed E-state index contributed by atoms with van der Waals surface area (Å²) < 4.78 is 0. The summed E-state index contributed by atoms with van der Waals surface area (Å²) in [6.07, 6.45) is 3.64. The number of aromatic nitrogens is 1. The molecule has 0 aromatic carbocycles. The van der Waals surface area contributed by atoms with E-state index in [1.54, 1.807) is 0 Å². The number of hydrogen-bond acceptors (Lipinski definition) is 4. The molecular formula is C13H20N4O. The lowest BCUT2D eigenvalue weighted by Gasteiger charge is -2.21. The van der Waals surface area contributed by atoms with Gasteiger partial charge in [0.25, 0.3) is 0 Å². The van der Waals surface area contributed by atoms with Crippen molar-refractivity contribution >= 4 is 11.6 Å². The molecule has 1 saturated heterocycles. The molecule has 0 aliphatic carbocycles. The summed E-state index contributed by atoms with van der Waals surface area (Å²) in [7, 11) is 0. The SMILES string of the molecule is CC[C@H](N)c1ccc(N2CCCNC(=O)C2)cn1. The van der Waals surface area contributed by atoms with E-state index in [4.69, 9.17) is 5.73 Å². The summed E-state index contributed by atoms with van der Waals surface area (Å²) in [5, 5.41) is 2.86. The minimum absolute atomic E-state index is 0.00789. The zero-order valence-corrected chi connectivity index (χ0v) is 10.7. The van der Waals surface area contributed by atoms with Crippen molar-refractivity contribution in [1.29, 1.82) is 0 Å². The Balaban J connectivity index is 2.10. The van der Waals surface area contributed by atoms with Crippen molar-refractivity contribution in [2.45, 2.75) is 25.8 Å². The van der Waals surface area contributed by atoms with Crippen molar-refractivity contribution in [2.75, 3.05) is 24.5 Å². The predicted octanol–water partition coefficient (Wildman–Crippen LogP) is 0.818. The third kappa shape index (κ3) is 2.98. The molecule has 1 atom stereocenters. The van der Waals surface area contributed by atoms with Gasteiger partial charge in [-0.1, -0.05) is 6.92 Å². The second-order valence-electron chi connectivity index (χ2n) is 4.58. The number of nitrogens with one attached hydrogen (secondary N) is 1. The van der Waals surface area contributed by atoms with Crippen LogP contribution in [0.2, 0.25) is 0 Å². The number of carbonyl (C=O) groups excluding carboxylic acids is 1. The molecule has 0 unspecified atom stereocenters. The predicted molar refractivity (Wildman–Crippen MR) is 71.3 cm³/mol. The van der Waals surface area contributed by atoms with Crippen LogP contribution in [0.4, 0.5) is 5.69 Å². The molecule has 1 aromatic rings. The first-order chi connectivity index (χ1) is 8.70. The van der Waals surface area contributed by atoms with Crippen molar-refractivity contribution in [3.8, 4) is 0 Å². The number of nitrogens with zero attached hydrogens (tertiary/aromatic N) is 2. The molecule has 98 valence electrons. The third-order valence-corrected chi connectivity index (χ3v) is 3.22. The van der Waals surface area contributed by atoms with Gasteiger partial charge in [-0.25, -0.2) is 0 Å². The number of anilines is 1. The lowest BCUT2D eigenvalue weighted by molar-refractivity contribution is -0.119. The quantitative estimate of drug-likeness (QED) is 0.830. The molecule has 2 heterocycles. The van der Waals surface area contributed by atoms with Gasteiger partial charge in [-0.15, -0.1) is 0 Å². The fourth-order valence-electron chi connectivity index (χ4n) is 2.04. The van der Waals surface area contributed by atoms with E-state index in [1.807, 2.05) is 25.3 Å². The molecule has 5 nitrogen and oxygen atoms in total. The van der Waals surface area contributed by atoms with Crippen LogP contribution in [-0.4, -0.2) is 30.5 Å². The Labute approximate surface area is 107 Å².